The summed E-state index contributed by atoms with van der Waals surface area (Å²) < 4.78 is 2.04. The number of rotatable bonds is 3. The SMILES string of the molecule is CC(C)Cn1ccc(C2CCN2)n1. The van der Waals surface area contributed by atoms with E-state index in [0.717, 1.165) is 13.1 Å². The maximum atomic E-state index is 4.53. The van der Waals surface area contributed by atoms with Gasteiger partial charge in [0.2, 0.25) is 0 Å². The van der Waals surface area contributed by atoms with E-state index < -0.39 is 0 Å². The summed E-state index contributed by atoms with van der Waals surface area (Å²) in [4.78, 5) is 0. The Balaban J connectivity index is 2.00. The van der Waals surface area contributed by atoms with Crippen molar-refractivity contribution in [1.82, 2.24) is 15.1 Å². The van der Waals surface area contributed by atoms with E-state index in [1.165, 1.54) is 12.1 Å². The van der Waals surface area contributed by atoms with Gasteiger partial charge in [-0.15, -0.1) is 0 Å². The van der Waals surface area contributed by atoms with Crippen LogP contribution in [0.1, 0.15) is 32.0 Å². The number of hydrogen-bond donors (Lipinski definition) is 1. The lowest BCUT2D eigenvalue weighted by Gasteiger charge is -2.25. The van der Waals surface area contributed by atoms with Crippen LogP contribution in [0.15, 0.2) is 12.3 Å². The van der Waals surface area contributed by atoms with Gasteiger partial charge in [0.1, 0.15) is 0 Å². The van der Waals surface area contributed by atoms with Crippen LogP contribution in [0.4, 0.5) is 0 Å². The average Bonchev–Trinajstić information content (AvgIpc) is 2.31. The first-order valence-electron chi connectivity index (χ1n) is 5.02. The minimum absolute atomic E-state index is 0.522. The summed E-state index contributed by atoms with van der Waals surface area (Å²) in [5.41, 5.74) is 1.20. The molecule has 1 aliphatic rings. The van der Waals surface area contributed by atoms with E-state index in [1.54, 1.807) is 0 Å². The highest BCUT2D eigenvalue weighted by atomic mass is 15.3. The highest BCUT2D eigenvalue weighted by molar-refractivity contribution is 5.08. The molecule has 1 aromatic rings. The third kappa shape index (κ3) is 1.91. The van der Waals surface area contributed by atoms with Crippen molar-refractivity contribution in [3.8, 4) is 0 Å². The van der Waals surface area contributed by atoms with Gasteiger partial charge >= 0.3 is 0 Å². The summed E-state index contributed by atoms with van der Waals surface area (Å²) in [6.45, 7) is 6.58. The van der Waals surface area contributed by atoms with E-state index in [2.05, 4.69) is 36.5 Å². The molecule has 72 valence electrons. The summed E-state index contributed by atoms with van der Waals surface area (Å²) in [7, 11) is 0. The second-order valence-electron chi connectivity index (χ2n) is 4.15. The van der Waals surface area contributed by atoms with Crippen LogP contribution in [-0.2, 0) is 6.54 Å². The van der Waals surface area contributed by atoms with Gasteiger partial charge in [0.05, 0.1) is 11.7 Å². The first kappa shape index (κ1) is 8.75. The molecule has 3 nitrogen and oxygen atoms in total. The lowest BCUT2D eigenvalue weighted by atomic mass is 10.0. The third-order valence-electron chi connectivity index (χ3n) is 2.39. The predicted octanol–water partition coefficient (Wildman–Crippen LogP) is 1.57. The van der Waals surface area contributed by atoms with E-state index in [4.69, 9.17) is 0 Å². The highest BCUT2D eigenvalue weighted by Crippen LogP contribution is 2.20. The Kier molecular flexibility index (Phi) is 2.36. The molecule has 1 N–H and O–H groups in total. The van der Waals surface area contributed by atoms with Crippen LogP contribution >= 0.6 is 0 Å². The molecule has 0 aliphatic carbocycles. The fraction of sp³-hybridized carbons (Fsp3) is 0.700. The lowest BCUT2D eigenvalue weighted by molar-refractivity contribution is 0.368. The summed E-state index contributed by atoms with van der Waals surface area (Å²) in [5, 5.41) is 7.88. The number of hydrogen-bond acceptors (Lipinski definition) is 2. The molecule has 1 atom stereocenters. The summed E-state index contributed by atoms with van der Waals surface area (Å²) >= 11 is 0. The van der Waals surface area contributed by atoms with E-state index in [1.807, 2.05) is 4.68 Å². The number of nitrogens with one attached hydrogen (secondary N) is 1. The van der Waals surface area contributed by atoms with Crippen molar-refractivity contribution in [2.24, 2.45) is 5.92 Å². The summed E-state index contributed by atoms with van der Waals surface area (Å²) in [6.07, 6.45) is 3.31. The van der Waals surface area contributed by atoms with Crippen LogP contribution in [0, 0.1) is 5.92 Å². The predicted molar refractivity (Wildman–Crippen MR) is 52.4 cm³/mol. The normalized spacial score (nSPS) is 21.9. The van der Waals surface area contributed by atoms with Crippen LogP contribution in [0.5, 0.6) is 0 Å². The monoisotopic (exact) mass is 179 g/mol. The molecule has 1 aliphatic heterocycles. The first-order valence-corrected chi connectivity index (χ1v) is 5.02. The zero-order chi connectivity index (χ0) is 9.26. The highest BCUT2D eigenvalue weighted by Gasteiger charge is 2.20. The molecule has 2 heterocycles. The minimum atomic E-state index is 0.522. The van der Waals surface area contributed by atoms with Gasteiger partial charge < -0.3 is 5.32 Å². The fourth-order valence-electron chi connectivity index (χ4n) is 1.58. The maximum absolute atomic E-state index is 4.53. The molecule has 0 aromatic carbocycles. The molecule has 0 saturated carbocycles. The van der Waals surface area contributed by atoms with Crippen molar-refractivity contribution in [3.63, 3.8) is 0 Å². The second kappa shape index (κ2) is 3.50. The lowest BCUT2D eigenvalue weighted by Crippen LogP contribution is -2.35. The Morgan fingerprint density at radius 2 is 2.46 bits per heavy atom. The van der Waals surface area contributed by atoms with Gasteiger partial charge in [-0.1, -0.05) is 13.8 Å². The molecule has 2 rings (SSSR count). The zero-order valence-electron chi connectivity index (χ0n) is 8.33. The molecule has 1 unspecified atom stereocenters. The standard InChI is InChI=1S/C10H17N3/c1-8(2)7-13-6-4-10(12-13)9-3-5-11-9/h4,6,8-9,11H,3,5,7H2,1-2H3. The van der Waals surface area contributed by atoms with Crippen molar-refractivity contribution in [3.05, 3.63) is 18.0 Å². The summed E-state index contributed by atoms with van der Waals surface area (Å²) in [6, 6.07) is 2.65. The van der Waals surface area contributed by atoms with Crippen LogP contribution in [0.3, 0.4) is 0 Å². The van der Waals surface area contributed by atoms with E-state index >= 15 is 0 Å². The molecule has 0 spiro atoms. The Hall–Kier alpha value is -0.830. The molecular weight excluding hydrogens is 162 g/mol. The zero-order valence-corrected chi connectivity index (χ0v) is 8.33. The van der Waals surface area contributed by atoms with Crippen molar-refractivity contribution in [2.75, 3.05) is 6.54 Å². The van der Waals surface area contributed by atoms with Gasteiger partial charge in [-0.05, 0) is 24.9 Å². The molecule has 1 fully saturated rings. The van der Waals surface area contributed by atoms with Crippen molar-refractivity contribution in [1.29, 1.82) is 0 Å². The molecule has 0 bridgehead atoms. The van der Waals surface area contributed by atoms with Crippen LogP contribution in [-0.4, -0.2) is 16.3 Å². The Morgan fingerprint density at radius 3 is 3.00 bits per heavy atom. The van der Waals surface area contributed by atoms with Crippen molar-refractivity contribution in [2.45, 2.75) is 32.9 Å². The topological polar surface area (TPSA) is 29.9 Å². The van der Waals surface area contributed by atoms with Gasteiger partial charge in [-0.25, -0.2) is 0 Å². The largest absolute Gasteiger partial charge is 0.308 e. The van der Waals surface area contributed by atoms with Gasteiger partial charge in [0, 0.05) is 12.7 Å². The second-order valence-corrected chi connectivity index (χ2v) is 4.15. The molecule has 0 amide bonds. The number of aromatic nitrogens is 2. The Bertz CT molecular complexity index is 273. The average molecular weight is 179 g/mol. The molecule has 1 saturated heterocycles. The maximum Gasteiger partial charge on any atom is 0.0794 e. The quantitative estimate of drug-likeness (QED) is 0.763. The number of nitrogens with zero attached hydrogens (tertiary/aromatic N) is 2. The smallest absolute Gasteiger partial charge is 0.0794 e. The third-order valence-corrected chi connectivity index (χ3v) is 2.39. The van der Waals surface area contributed by atoms with Crippen LogP contribution in [0.25, 0.3) is 0 Å². The van der Waals surface area contributed by atoms with E-state index in [0.29, 0.717) is 12.0 Å². The van der Waals surface area contributed by atoms with E-state index in [-0.39, 0.29) is 0 Å². The molecular formula is C10H17N3. The fourth-order valence-corrected chi connectivity index (χ4v) is 1.58. The van der Waals surface area contributed by atoms with Gasteiger partial charge in [-0.2, -0.15) is 5.10 Å². The van der Waals surface area contributed by atoms with Gasteiger partial charge in [-0.3, -0.25) is 4.68 Å². The molecule has 1 aromatic heterocycles. The van der Waals surface area contributed by atoms with Gasteiger partial charge in [0.25, 0.3) is 0 Å². The van der Waals surface area contributed by atoms with Crippen LogP contribution < -0.4 is 5.32 Å². The van der Waals surface area contributed by atoms with Crippen LogP contribution in [0.2, 0.25) is 0 Å². The Morgan fingerprint density at radius 1 is 1.69 bits per heavy atom. The Labute approximate surface area is 79.1 Å². The molecule has 13 heavy (non-hydrogen) atoms. The van der Waals surface area contributed by atoms with E-state index in [9.17, 15) is 0 Å². The van der Waals surface area contributed by atoms with Crippen molar-refractivity contribution < 1.29 is 0 Å². The van der Waals surface area contributed by atoms with Gasteiger partial charge in [0.15, 0.2) is 0 Å². The first-order chi connectivity index (χ1) is 6.25. The summed E-state index contributed by atoms with van der Waals surface area (Å²) in [5.74, 6) is 0.669. The molecule has 0 radical (unpaired) electrons. The minimum Gasteiger partial charge on any atom is -0.308 e. The van der Waals surface area contributed by atoms with Crippen molar-refractivity contribution >= 4 is 0 Å². The molecule has 3 heteroatoms.